The topological polar surface area (TPSA) is 105 Å². The van der Waals surface area contributed by atoms with E-state index >= 15 is 0 Å². The Morgan fingerprint density at radius 3 is 2.92 bits per heavy atom. The van der Waals surface area contributed by atoms with E-state index in [9.17, 15) is 15.0 Å². The fourth-order valence-electron chi connectivity index (χ4n) is 8.77. The molecule has 0 aliphatic heterocycles. The number of aromatic nitrogens is 4. The summed E-state index contributed by atoms with van der Waals surface area (Å²) >= 11 is 1.28. The van der Waals surface area contributed by atoms with Crippen LogP contribution in [-0.2, 0) is 17.8 Å². The van der Waals surface area contributed by atoms with Gasteiger partial charge in [-0.25, -0.2) is 16.5 Å². The Kier molecular flexibility index (Phi) is 6.52. The predicted molar refractivity (Wildman–Crippen MR) is 149 cm³/mol. The number of aliphatic hydroxyl groups is 2. The Bertz CT molecular complexity index is 1380. The standard InChI is InChI=1S/C30H37N5O3S/c1-18-8-10-32-27(34-18)39-17-25(37)30(38)9-7-22-21-6-5-20-13-23-19(16-33-35(23)12-11-31-4)14-28(20,2)26(21)24(36)15-29(22,30)3/h8,10,13,16,21-22,24,26,36,38H,5-7,9,11-12,14-15,17H2,1-3H3/t21?,22?,24-,26?,28?,29?,30-/m0/s1. The minimum atomic E-state index is -1.46. The molecule has 206 valence electrons. The highest BCUT2D eigenvalue weighted by molar-refractivity contribution is 7.99. The summed E-state index contributed by atoms with van der Waals surface area (Å²) in [5, 5.41) is 28.9. The molecule has 9 heteroatoms. The molecule has 0 bridgehead atoms. The lowest BCUT2D eigenvalue weighted by atomic mass is 9.45. The van der Waals surface area contributed by atoms with Crippen LogP contribution in [0.4, 0.5) is 0 Å². The number of Topliss-reactive ketones (excluding diaryl/α,β-unsaturated/α-hetero) is 1. The molecule has 0 amide bonds. The monoisotopic (exact) mass is 547 g/mol. The number of thioether (sulfide) groups is 1. The summed E-state index contributed by atoms with van der Waals surface area (Å²) in [6.07, 6.45) is 9.67. The quantitative estimate of drug-likeness (QED) is 0.318. The van der Waals surface area contributed by atoms with Crippen LogP contribution in [0.1, 0.15) is 62.9 Å². The van der Waals surface area contributed by atoms with Crippen molar-refractivity contribution in [1.82, 2.24) is 19.7 Å². The molecule has 0 saturated heterocycles. The van der Waals surface area contributed by atoms with Crippen molar-refractivity contribution in [3.63, 3.8) is 0 Å². The SMILES string of the molecule is [C-]#[N+]CCn1ncc2c1C=C1CCC3C([C@@H](O)CC4(C)C3CC[C@]4(O)C(=O)CSc3nccc(C)n3)C1(C)C2. The summed E-state index contributed by atoms with van der Waals surface area (Å²) < 4.78 is 1.95. The first-order valence-electron chi connectivity index (χ1n) is 14.1. The van der Waals surface area contributed by atoms with Gasteiger partial charge in [-0.3, -0.25) is 9.48 Å². The lowest BCUT2D eigenvalue weighted by Crippen LogP contribution is -2.62. The first-order valence-corrected chi connectivity index (χ1v) is 15.0. The summed E-state index contributed by atoms with van der Waals surface area (Å²) in [6, 6.07) is 1.82. The first-order chi connectivity index (χ1) is 18.6. The van der Waals surface area contributed by atoms with Gasteiger partial charge >= 0.3 is 0 Å². The first kappa shape index (κ1) is 26.7. The molecular formula is C30H37N5O3S. The molecule has 3 saturated carbocycles. The molecule has 0 spiro atoms. The van der Waals surface area contributed by atoms with E-state index in [2.05, 4.69) is 32.9 Å². The molecule has 39 heavy (non-hydrogen) atoms. The third-order valence-electron chi connectivity index (χ3n) is 10.6. The van der Waals surface area contributed by atoms with Gasteiger partial charge in [0.2, 0.25) is 6.54 Å². The average Bonchev–Trinajstić information content (AvgIpc) is 3.41. The van der Waals surface area contributed by atoms with E-state index in [0.29, 0.717) is 31.1 Å². The lowest BCUT2D eigenvalue weighted by molar-refractivity contribution is -0.177. The van der Waals surface area contributed by atoms with Crippen LogP contribution in [0.15, 0.2) is 29.2 Å². The Morgan fingerprint density at radius 1 is 1.33 bits per heavy atom. The van der Waals surface area contributed by atoms with E-state index < -0.39 is 17.1 Å². The molecule has 2 aromatic heterocycles. The van der Waals surface area contributed by atoms with E-state index in [1.165, 1.54) is 22.9 Å². The van der Waals surface area contributed by atoms with E-state index in [1.807, 2.05) is 30.8 Å². The van der Waals surface area contributed by atoms with Crippen molar-refractivity contribution in [2.45, 2.75) is 82.7 Å². The smallest absolute Gasteiger partial charge is 0.234 e. The number of fused-ring (bicyclic) bond motifs is 6. The number of aryl methyl sites for hydroxylation is 1. The zero-order valence-electron chi connectivity index (χ0n) is 22.9. The molecule has 4 aliphatic rings. The fourth-order valence-corrected chi connectivity index (χ4v) is 9.61. The largest absolute Gasteiger partial charge is 0.393 e. The van der Waals surface area contributed by atoms with Gasteiger partial charge in [0.15, 0.2) is 10.9 Å². The third-order valence-corrected chi connectivity index (χ3v) is 11.5. The van der Waals surface area contributed by atoms with Crippen molar-refractivity contribution in [2.75, 3.05) is 12.3 Å². The van der Waals surface area contributed by atoms with Crippen LogP contribution in [-0.4, -0.2) is 59.7 Å². The van der Waals surface area contributed by atoms with Gasteiger partial charge in [-0.2, -0.15) is 5.10 Å². The van der Waals surface area contributed by atoms with Crippen molar-refractivity contribution in [1.29, 1.82) is 0 Å². The highest BCUT2D eigenvalue weighted by atomic mass is 32.2. The summed E-state index contributed by atoms with van der Waals surface area (Å²) in [5.41, 5.74) is 2.19. The summed E-state index contributed by atoms with van der Waals surface area (Å²) in [7, 11) is 0. The molecule has 4 aliphatic carbocycles. The summed E-state index contributed by atoms with van der Waals surface area (Å²) in [6.45, 7) is 14.4. The minimum absolute atomic E-state index is 0.0721. The highest BCUT2D eigenvalue weighted by Crippen LogP contribution is 2.67. The Hall–Kier alpha value is -2.54. The van der Waals surface area contributed by atoms with Gasteiger partial charge < -0.3 is 15.1 Å². The number of carbonyl (C=O) groups excluding carboxylic acids is 1. The maximum Gasteiger partial charge on any atom is 0.234 e. The molecule has 2 N–H and O–H groups in total. The maximum atomic E-state index is 13.6. The molecule has 0 radical (unpaired) electrons. The Labute approximate surface area is 234 Å². The van der Waals surface area contributed by atoms with Crippen LogP contribution in [0, 0.1) is 42.1 Å². The summed E-state index contributed by atoms with van der Waals surface area (Å²) in [5.74, 6) is 0.445. The molecule has 7 atom stereocenters. The third kappa shape index (κ3) is 4.01. The van der Waals surface area contributed by atoms with Crippen LogP contribution < -0.4 is 0 Å². The molecule has 6 rings (SSSR count). The Balaban J connectivity index is 1.25. The normalized spacial score (nSPS) is 36.7. The number of allylic oxidation sites excluding steroid dienone is 1. The molecule has 2 aromatic rings. The second kappa shape index (κ2) is 9.53. The van der Waals surface area contributed by atoms with Gasteiger partial charge in [0, 0.05) is 17.3 Å². The van der Waals surface area contributed by atoms with Crippen LogP contribution in [0.2, 0.25) is 0 Å². The zero-order valence-corrected chi connectivity index (χ0v) is 23.7. The average molecular weight is 548 g/mol. The molecule has 0 aromatic carbocycles. The minimum Gasteiger partial charge on any atom is -0.393 e. The van der Waals surface area contributed by atoms with E-state index in [0.717, 1.165) is 37.1 Å². The second-order valence-corrected chi connectivity index (χ2v) is 13.5. The van der Waals surface area contributed by atoms with Crippen molar-refractivity contribution in [3.8, 4) is 0 Å². The van der Waals surface area contributed by atoms with Gasteiger partial charge in [0.25, 0.3) is 0 Å². The number of carbonyl (C=O) groups is 1. The van der Waals surface area contributed by atoms with Gasteiger partial charge in [0.1, 0.15) is 12.1 Å². The van der Waals surface area contributed by atoms with Crippen molar-refractivity contribution in [3.05, 3.63) is 52.4 Å². The van der Waals surface area contributed by atoms with Crippen LogP contribution in [0.3, 0.4) is 0 Å². The fraction of sp³-hybridized carbons (Fsp3) is 0.633. The Morgan fingerprint density at radius 2 is 2.15 bits per heavy atom. The van der Waals surface area contributed by atoms with Crippen LogP contribution >= 0.6 is 11.8 Å². The van der Waals surface area contributed by atoms with E-state index in [-0.39, 0.29) is 34.7 Å². The molecule has 2 heterocycles. The molecule has 5 unspecified atom stereocenters. The van der Waals surface area contributed by atoms with Crippen molar-refractivity contribution >= 4 is 23.6 Å². The molecular weight excluding hydrogens is 510 g/mol. The van der Waals surface area contributed by atoms with Crippen LogP contribution in [0.25, 0.3) is 10.9 Å². The van der Waals surface area contributed by atoms with Crippen molar-refractivity contribution in [2.24, 2.45) is 28.6 Å². The number of ketones is 1. The number of aliphatic hydroxyl groups excluding tert-OH is 1. The highest BCUT2D eigenvalue weighted by Gasteiger charge is 2.68. The van der Waals surface area contributed by atoms with Gasteiger partial charge in [-0.1, -0.05) is 31.2 Å². The van der Waals surface area contributed by atoms with Gasteiger partial charge in [-0.15, -0.1) is 0 Å². The van der Waals surface area contributed by atoms with Crippen LogP contribution in [0.5, 0.6) is 0 Å². The zero-order chi connectivity index (χ0) is 27.6. The summed E-state index contributed by atoms with van der Waals surface area (Å²) in [4.78, 5) is 25.8. The number of nitrogens with zero attached hydrogens (tertiary/aromatic N) is 5. The van der Waals surface area contributed by atoms with Crippen molar-refractivity contribution < 1.29 is 15.0 Å². The number of hydrogen-bond acceptors (Lipinski definition) is 7. The lowest BCUT2D eigenvalue weighted by Gasteiger charge is -2.60. The molecule has 8 nitrogen and oxygen atoms in total. The van der Waals surface area contributed by atoms with E-state index in [4.69, 9.17) is 6.57 Å². The number of hydrogen-bond donors (Lipinski definition) is 2. The molecule has 3 fully saturated rings. The van der Waals surface area contributed by atoms with Gasteiger partial charge in [-0.05, 0) is 86.3 Å². The van der Waals surface area contributed by atoms with E-state index in [1.54, 1.807) is 6.20 Å². The maximum absolute atomic E-state index is 13.6. The predicted octanol–water partition coefficient (Wildman–Crippen LogP) is 4.15. The second-order valence-electron chi connectivity index (χ2n) is 12.5. The number of rotatable bonds is 6. The van der Waals surface area contributed by atoms with Gasteiger partial charge in [0.05, 0.1) is 23.7 Å².